The van der Waals surface area contributed by atoms with Crippen molar-refractivity contribution in [1.29, 1.82) is 0 Å². The highest BCUT2D eigenvalue weighted by atomic mass is 16.5. The lowest BCUT2D eigenvalue weighted by atomic mass is 10.3. The van der Waals surface area contributed by atoms with E-state index in [2.05, 4.69) is 15.5 Å². The number of hydrogen-bond acceptors (Lipinski definition) is 4. The maximum absolute atomic E-state index is 12.3. The summed E-state index contributed by atoms with van der Waals surface area (Å²) in [4.78, 5) is 12.3. The van der Waals surface area contributed by atoms with Crippen molar-refractivity contribution < 1.29 is 9.53 Å². The van der Waals surface area contributed by atoms with Crippen molar-refractivity contribution >= 4 is 11.6 Å². The molecule has 0 aliphatic rings. The maximum Gasteiger partial charge on any atom is 0.265 e. The molecule has 0 fully saturated rings. The molecule has 0 radical (unpaired) electrons. The number of para-hydroxylation sites is 1. The van der Waals surface area contributed by atoms with E-state index >= 15 is 0 Å². The molecule has 1 atom stereocenters. The highest BCUT2D eigenvalue weighted by molar-refractivity contribution is 5.93. The van der Waals surface area contributed by atoms with Crippen LogP contribution >= 0.6 is 0 Å². The van der Waals surface area contributed by atoms with E-state index in [9.17, 15) is 4.79 Å². The van der Waals surface area contributed by atoms with Gasteiger partial charge in [0.1, 0.15) is 0 Å². The Labute approximate surface area is 146 Å². The first-order valence-electron chi connectivity index (χ1n) is 8.15. The number of benzene rings is 1. The van der Waals surface area contributed by atoms with Crippen LogP contribution in [-0.2, 0) is 4.79 Å². The molecular weight excluding hydrogens is 318 g/mol. The quantitative estimate of drug-likeness (QED) is 0.749. The molecular formula is C18H21N5O2. The normalized spacial score (nSPS) is 12.2. The maximum atomic E-state index is 12.3. The van der Waals surface area contributed by atoms with Crippen molar-refractivity contribution in [2.45, 2.75) is 32.9 Å². The Morgan fingerprint density at radius 1 is 1.16 bits per heavy atom. The number of hydrogen-bond donors (Lipinski definition) is 1. The molecule has 7 heteroatoms. The van der Waals surface area contributed by atoms with E-state index in [4.69, 9.17) is 4.74 Å². The van der Waals surface area contributed by atoms with Crippen LogP contribution in [0.25, 0.3) is 5.69 Å². The molecule has 0 aliphatic carbocycles. The zero-order chi connectivity index (χ0) is 17.8. The van der Waals surface area contributed by atoms with E-state index in [-0.39, 0.29) is 11.9 Å². The molecule has 1 unspecified atom stereocenters. The zero-order valence-electron chi connectivity index (χ0n) is 14.5. The Balaban J connectivity index is 1.60. The van der Waals surface area contributed by atoms with E-state index in [0.717, 1.165) is 5.69 Å². The Hall–Kier alpha value is -3.09. The fraction of sp³-hybridized carbons (Fsp3) is 0.278. The van der Waals surface area contributed by atoms with Gasteiger partial charge in [0.05, 0.1) is 17.6 Å². The second-order valence-corrected chi connectivity index (χ2v) is 5.99. The van der Waals surface area contributed by atoms with E-state index in [1.807, 2.05) is 44.2 Å². The van der Waals surface area contributed by atoms with Gasteiger partial charge in [-0.3, -0.25) is 9.48 Å². The largest absolute Gasteiger partial charge is 0.463 e. The van der Waals surface area contributed by atoms with Crippen LogP contribution in [0.5, 0.6) is 5.88 Å². The second kappa shape index (κ2) is 7.21. The van der Waals surface area contributed by atoms with Gasteiger partial charge in [-0.1, -0.05) is 18.2 Å². The molecule has 1 N–H and O–H groups in total. The summed E-state index contributed by atoms with van der Waals surface area (Å²) < 4.78 is 9.11. The van der Waals surface area contributed by atoms with Gasteiger partial charge in [-0.2, -0.15) is 5.10 Å². The van der Waals surface area contributed by atoms with Crippen LogP contribution in [0.4, 0.5) is 5.69 Å². The van der Waals surface area contributed by atoms with Crippen molar-refractivity contribution in [2.75, 3.05) is 5.32 Å². The first-order chi connectivity index (χ1) is 12.0. The van der Waals surface area contributed by atoms with Gasteiger partial charge in [0.15, 0.2) is 6.10 Å². The molecule has 0 saturated carbocycles. The first kappa shape index (κ1) is 16.8. The number of anilines is 1. The molecule has 0 bridgehead atoms. The lowest BCUT2D eigenvalue weighted by Gasteiger charge is -2.12. The Bertz CT molecular complexity index is 838. The molecule has 3 aromatic rings. The van der Waals surface area contributed by atoms with E-state index in [0.29, 0.717) is 11.6 Å². The number of nitrogens with zero attached hydrogens (tertiary/aromatic N) is 4. The number of amides is 1. The number of nitrogens with one attached hydrogen (secondary N) is 1. The fourth-order valence-electron chi connectivity index (χ4n) is 2.26. The summed E-state index contributed by atoms with van der Waals surface area (Å²) in [7, 11) is 0. The molecule has 130 valence electrons. The van der Waals surface area contributed by atoms with Crippen LogP contribution in [0.15, 0.2) is 55.0 Å². The van der Waals surface area contributed by atoms with Gasteiger partial charge < -0.3 is 10.1 Å². The predicted octanol–water partition coefficient (Wildman–Crippen LogP) is 3.06. The Kier molecular flexibility index (Phi) is 4.83. The lowest BCUT2D eigenvalue weighted by Crippen LogP contribution is -2.30. The summed E-state index contributed by atoms with van der Waals surface area (Å²) in [6.07, 6.45) is 4.53. The summed E-state index contributed by atoms with van der Waals surface area (Å²) in [6.45, 7) is 5.73. The number of ether oxygens (including phenoxy) is 1. The van der Waals surface area contributed by atoms with Crippen LogP contribution < -0.4 is 10.1 Å². The Morgan fingerprint density at radius 2 is 1.92 bits per heavy atom. The standard InChI is InChI=1S/C18H21N5O2/c1-13(2)23-12-15(11-19-23)20-18(24)14(3)25-17-9-10-22(21-17)16-7-5-4-6-8-16/h4-14H,1-3H3,(H,20,24). The van der Waals surface area contributed by atoms with Crippen molar-refractivity contribution in [2.24, 2.45) is 0 Å². The number of aromatic nitrogens is 4. The number of carbonyl (C=O) groups is 1. The number of rotatable bonds is 6. The second-order valence-electron chi connectivity index (χ2n) is 5.99. The summed E-state index contributed by atoms with van der Waals surface area (Å²) in [5.74, 6) is 0.141. The van der Waals surface area contributed by atoms with Gasteiger partial charge in [-0.25, -0.2) is 4.68 Å². The van der Waals surface area contributed by atoms with Gasteiger partial charge in [-0.05, 0) is 32.9 Å². The van der Waals surface area contributed by atoms with Crippen LogP contribution in [0.2, 0.25) is 0 Å². The third kappa shape index (κ3) is 4.06. The van der Waals surface area contributed by atoms with Crippen molar-refractivity contribution in [3.63, 3.8) is 0 Å². The summed E-state index contributed by atoms with van der Waals surface area (Å²) in [5.41, 5.74) is 1.57. The highest BCUT2D eigenvalue weighted by Crippen LogP contribution is 2.14. The third-order valence-electron chi connectivity index (χ3n) is 3.65. The van der Waals surface area contributed by atoms with Crippen LogP contribution in [-0.4, -0.2) is 31.6 Å². The minimum Gasteiger partial charge on any atom is -0.463 e. The molecule has 7 nitrogen and oxygen atoms in total. The summed E-state index contributed by atoms with van der Waals surface area (Å²) >= 11 is 0. The molecule has 0 saturated heterocycles. The third-order valence-corrected chi connectivity index (χ3v) is 3.65. The fourth-order valence-corrected chi connectivity index (χ4v) is 2.26. The molecule has 2 aromatic heterocycles. The smallest absolute Gasteiger partial charge is 0.265 e. The van der Waals surface area contributed by atoms with Crippen molar-refractivity contribution in [1.82, 2.24) is 19.6 Å². The number of carbonyl (C=O) groups excluding carboxylic acids is 1. The van der Waals surface area contributed by atoms with Crippen LogP contribution in [0.1, 0.15) is 26.8 Å². The average molecular weight is 339 g/mol. The minimum absolute atomic E-state index is 0.237. The van der Waals surface area contributed by atoms with Gasteiger partial charge in [0, 0.05) is 24.5 Å². The molecule has 0 aliphatic heterocycles. The highest BCUT2D eigenvalue weighted by Gasteiger charge is 2.17. The lowest BCUT2D eigenvalue weighted by molar-refractivity contribution is -0.122. The molecule has 1 amide bonds. The molecule has 3 rings (SSSR count). The van der Waals surface area contributed by atoms with Crippen molar-refractivity contribution in [3.05, 3.63) is 55.0 Å². The zero-order valence-corrected chi connectivity index (χ0v) is 14.5. The van der Waals surface area contributed by atoms with Gasteiger partial charge >= 0.3 is 0 Å². The SMILES string of the molecule is CC(Oc1ccn(-c2ccccc2)n1)C(=O)Nc1cnn(C(C)C)c1. The molecule has 0 spiro atoms. The first-order valence-corrected chi connectivity index (χ1v) is 8.15. The van der Waals surface area contributed by atoms with E-state index in [1.54, 1.807) is 40.9 Å². The van der Waals surface area contributed by atoms with E-state index < -0.39 is 6.10 Å². The monoisotopic (exact) mass is 339 g/mol. The summed E-state index contributed by atoms with van der Waals surface area (Å²) in [5, 5.41) is 11.3. The van der Waals surface area contributed by atoms with Crippen molar-refractivity contribution in [3.8, 4) is 11.6 Å². The van der Waals surface area contributed by atoms with E-state index in [1.165, 1.54) is 0 Å². The summed E-state index contributed by atoms with van der Waals surface area (Å²) in [6, 6.07) is 11.7. The van der Waals surface area contributed by atoms with Gasteiger partial charge in [-0.15, -0.1) is 5.10 Å². The average Bonchev–Trinajstić information content (AvgIpc) is 3.25. The van der Waals surface area contributed by atoms with Crippen LogP contribution in [0.3, 0.4) is 0 Å². The Morgan fingerprint density at radius 3 is 2.60 bits per heavy atom. The molecule has 2 heterocycles. The molecule has 25 heavy (non-hydrogen) atoms. The predicted molar refractivity (Wildman–Crippen MR) is 94.9 cm³/mol. The molecule has 1 aromatic carbocycles. The minimum atomic E-state index is -0.679. The van der Waals surface area contributed by atoms with Gasteiger partial charge in [0.2, 0.25) is 5.88 Å². The van der Waals surface area contributed by atoms with Gasteiger partial charge in [0.25, 0.3) is 5.91 Å². The van der Waals surface area contributed by atoms with Crippen LogP contribution in [0, 0.1) is 0 Å². The topological polar surface area (TPSA) is 74.0 Å².